The zero-order valence-corrected chi connectivity index (χ0v) is 19.5. The van der Waals surface area contributed by atoms with Crippen LogP contribution in [0.1, 0.15) is 24.4 Å². The number of amides is 2. The predicted molar refractivity (Wildman–Crippen MR) is 117 cm³/mol. The summed E-state index contributed by atoms with van der Waals surface area (Å²) in [5.74, 6) is -2.38. The maximum atomic E-state index is 12.4. The van der Waals surface area contributed by atoms with Crippen molar-refractivity contribution >= 4 is 45.1 Å². The molecule has 1 aromatic heterocycles. The normalized spacial score (nSPS) is 12.5. The number of hydrogen-bond acceptors (Lipinski definition) is 7. The first kappa shape index (κ1) is 25.4. The first-order chi connectivity index (χ1) is 14.9. The molecule has 2 amide bonds. The lowest BCUT2D eigenvalue weighted by atomic mass is 10.0. The Morgan fingerprint density at radius 2 is 1.88 bits per heavy atom. The highest BCUT2D eigenvalue weighted by Gasteiger charge is 2.28. The van der Waals surface area contributed by atoms with Gasteiger partial charge in [-0.3, -0.25) is 9.59 Å². The fraction of sp³-hybridized carbons (Fsp3) is 0.350. The molecule has 2 aromatic rings. The molecule has 0 aliphatic heterocycles. The molecule has 10 nitrogen and oxygen atoms in total. The number of ether oxygens (including phenoxy) is 1. The molecule has 0 aliphatic rings. The van der Waals surface area contributed by atoms with E-state index in [1.807, 2.05) is 0 Å². The largest absolute Gasteiger partial charge is 0.459 e. The van der Waals surface area contributed by atoms with Crippen molar-refractivity contribution in [3.8, 4) is 0 Å². The van der Waals surface area contributed by atoms with E-state index in [1.54, 1.807) is 13.8 Å². The van der Waals surface area contributed by atoms with Crippen LogP contribution >= 0.6 is 11.6 Å². The summed E-state index contributed by atoms with van der Waals surface area (Å²) >= 11 is 5.98. The van der Waals surface area contributed by atoms with E-state index < -0.39 is 40.5 Å². The fourth-order valence-corrected chi connectivity index (χ4v) is 3.91. The number of halogens is 1. The molecule has 0 saturated carbocycles. The average molecular weight is 486 g/mol. The Balaban J connectivity index is 2.01. The van der Waals surface area contributed by atoms with Crippen LogP contribution in [0.25, 0.3) is 0 Å². The Bertz CT molecular complexity index is 1080. The van der Waals surface area contributed by atoms with Crippen molar-refractivity contribution in [3.05, 3.63) is 47.4 Å². The molecule has 1 atom stereocenters. The summed E-state index contributed by atoms with van der Waals surface area (Å²) in [6.07, 6.45) is 1.33. The summed E-state index contributed by atoms with van der Waals surface area (Å²) in [5.41, 5.74) is 0.155. The van der Waals surface area contributed by atoms with Crippen LogP contribution in [0.5, 0.6) is 0 Å². The molecule has 174 valence electrons. The SMILES string of the molecule is CC(C)[C@@H](NC(=O)c1ccco1)C(=O)OCC(=O)Nc1ccc(Cl)c(S(=O)(=O)N(C)C)c1. The van der Waals surface area contributed by atoms with Crippen molar-refractivity contribution in [3.63, 3.8) is 0 Å². The van der Waals surface area contributed by atoms with Crippen LogP contribution in [-0.2, 0) is 24.3 Å². The number of rotatable bonds is 9. The number of carbonyl (C=O) groups excluding carboxylic acids is 3. The highest BCUT2D eigenvalue weighted by atomic mass is 35.5. The number of anilines is 1. The lowest BCUT2D eigenvalue weighted by molar-refractivity contribution is -0.150. The highest BCUT2D eigenvalue weighted by Crippen LogP contribution is 2.26. The van der Waals surface area contributed by atoms with Crippen molar-refractivity contribution in [1.29, 1.82) is 0 Å². The maximum absolute atomic E-state index is 12.4. The van der Waals surface area contributed by atoms with E-state index in [4.69, 9.17) is 20.8 Å². The zero-order valence-electron chi connectivity index (χ0n) is 17.9. The van der Waals surface area contributed by atoms with Gasteiger partial charge in [0, 0.05) is 19.8 Å². The van der Waals surface area contributed by atoms with Gasteiger partial charge in [0.2, 0.25) is 10.0 Å². The van der Waals surface area contributed by atoms with E-state index in [9.17, 15) is 22.8 Å². The monoisotopic (exact) mass is 485 g/mol. The van der Waals surface area contributed by atoms with E-state index in [0.717, 1.165) is 4.31 Å². The van der Waals surface area contributed by atoms with Gasteiger partial charge >= 0.3 is 5.97 Å². The Labute approximate surface area is 190 Å². The molecular formula is C20H24ClN3O7S. The molecule has 0 saturated heterocycles. The number of carbonyl (C=O) groups is 3. The molecule has 2 rings (SSSR count). The molecule has 0 unspecified atom stereocenters. The van der Waals surface area contributed by atoms with Crippen molar-refractivity contribution in [1.82, 2.24) is 9.62 Å². The van der Waals surface area contributed by atoms with E-state index >= 15 is 0 Å². The second-order valence-electron chi connectivity index (χ2n) is 7.26. The van der Waals surface area contributed by atoms with E-state index in [1.165, 1.54) is 50.7 Å². The van der Waals surface area contributed by atoms with Gasteiger partial charge in [0.25, 0.3) is 11.8 Å². The van der Waals surface area contributed by atoms with E-state index in [-0.39, 0.29) is 27.3 Å². The molecule has 2 N–H and O–H groups in total. The molecule has 0 bridgehead atoms. The average Bonchev–Trinajstić information content (AvgIpc) is 3.26. The molecule has 1 heterocycles. The number of furan rings is 1. The van der Waals surface area contributed by atoms with Crippen LogP contribution < -0.4 is 10.6 Å². The molecule has 32 heavy (non-hydrogen) atoms. The van der Waals surface area contributed by atoms with Crippen LogP contribution in [0.2, 0.25) is 5.02 Å². The number of esters is 1. The minimum atomic E-state index is -3.83. The first-order valence-electron chi connectivity index (χ1n) is 9.46. The topological polar surface area (TPSA) is 135 Å². The zero-order chi connectivity index (χ0) is 24.1. The summed E-state index contributed by atoms with van der Waals surface area (Å²) in [6.45, 7) is 2.76. The Kier molecular flexibility index (Phi) is 8.42. The van der Waals surface area contributed by atoms with Gasteiger partial charge in [0.1, 0.15) is 10.9 Å². The van der Waals surface area contributed by atoms with Gasteiger partial charge in [-0.25, -0.2) is 17.5 Å². The highest BCUT2D eigenvalue weighted by molar-refractivity contribution is 7.89. The van der Waals surface area contributed by atoms with Crippen molar-refractivity contribution in [2.75, 3.05) is 26.0 Å². The van der Waals surface area contributed by atoms with Crippen molar-refractivity contribution in [2.45, 2.75) is 24.8 Å². The van der Waals surface area contributed by atoms with Gasteiger partial charge in [0.05, 0.1) is 11.3 Å². The van der Waals surface area contributed by atoms with Crippen LogP contribution in [0.3, 0.4) is 0 Å². The van der Waals surface area contributed by atoms with Gasteiger partial charge < -0.3 is 19.8 Å². The standard InChI is InChI=1S/C20H24ClN3O7S/c1-12(2)18(23-19(26)15-6-5-9-30-15)20(27)31-11-17(25)22-13-7-8-14(21)16(10-13)32(28,29)24(3)4/h5-10,12,18H,11H2,1-4H3,(H,22,25)(H,23,26)/t18-/m1/s1. The van der Waals surface area contributed by atoms with Gasteiger partial charge in [-0.1, -0.05) is 25.4 Å². The van der Waals surface area contributed by atoms with E-state index in [2.05, 4.69) is 10.6 Å². The molecule has 12 heteroatoms. The number of nitrogens with zero attached hydrogens (tertiary/aromatic N) is 1. The molecule has 0 fully saturated rings. The summed E-state index contributed by atoms with van der Waals surface area (Å²) in [7, 11) is -1.12. The number of hydrogen-bond donors (Lipinski definition) is 2. The molecule has 0 spiro atoms. The minimum absolute atomic E-state index is 0.00444. The smallest absolute Gasteiger partial charge is 0.329 e. The minimum Gasteiger partial charge on any atom is -0.459 e. The second kappa shape index (κ2) is 10.6. The number of benzene rings is 1. The fourth-order valence-electron chi connectivity index (χ4n) is 2.52. The summed E-state index contributed by atoms with van der Waals surface area (Å²) in [5, 5.41) is 4.95. The summed E-state index contributed by atoms with van der Waals surface area (Å²) < 4.78 is 35.7. The van der Waals surface area contributed by atoms with Crippen LogP contribution in [0.4, 0.5) is 5.69 Å². The molecular weight excluding hydrogens is 462 g/mol. The Morgan fingerprint density at radius 1 is 1.19 bits per heavy atom. The van der Waals surface area contributed by atoms with Crippen LogP contribution in [0.15, 0.2) is 45.9 Å². The lowest BCUT2D eigenvalue weighted by Gasteiger charge is -2.20. The van der Waals surface area contributed by atoms with Crippen molar-refractivity contribution in [2.24, 2.45) is 5.92 Å². The number of sulfonamides is 1. The first-order valence-corrected chi connectivity index (χ1v) is 11.3. The van der Waals surface area contributed by atoms with E-state index in [0.29, 0.717) is 0 Å². The van der Waals surface area contributed by atoms with Gasteiger partial charge in [-0.15, -0.1) is 0 Å². The van der Waals surface area contributed by atoms with Crippen LogP contribution in [0, 0.1) is 5.92 Å². The third kappa shape index (κ3) is 6.31. The molecule has 0 aliphatic carbocycles. The quantitative estimate of drug-likeness (QED) is 0.519. The van der Waals surface area contributed by atoms with Gasteiger partial charge in [-0.2, -0.15) is 0 Å². The lowest BCUT2D eigenvalue weighted by Crippen LogP contribution is -2.45. The third-order valence-corrected chi connectivity index (χ3v) is 6.57. The Morgan fingerprint density at radius 3 is 2.44 bits per heavy atom. The third-order valence-electron chi connectivity index (χ3n) is 4.27. The number of nitrogens with one attached hydrogen (secondary N) is 2. The van der Waals surface area contributed by atoms with Gasteiger partial charge in [0.15, 0.2) is 12.4 Å². The summed E-state index contributed by atoms with van der Waals surface area (Å²) in [6, 6.07) is 5.93. The summed E-state index contributed by atoms with van der Waals surface area (Å²) in [4.78, 5) is 36.6. The Hall–Kier alpha value is -2.89. The molecule has 0 radical (unpaired) electrons. The molecule has 1 aromatic carbocycles. The second-order valence-corrected chi connectivity index (χ2v) is 9.79. The van der Waals surface area contributed by atoms with Crippen LogP contribution in [-0.4, -0.2) is 57.3 Å². The maximum Gasteiger partial charge on any atom is 0.329 e. The predicted octanol–water partition coefficient (Wildman–Crippen LogP) is 2.12. The van der Waals surface area contributed by atoms with Crippen molar-refractivity contribution < 1.29 is 32.0 Å². The van der Waals surface area contributed by atoms with Gasteiger partial charge in [-0.05, 0) is 36.2 Å².